The molecule has 0 bridgehead atoms. The van der Waals surface area contributed by atoms with E-state index in [4.69, 9.17) is 10.2 Å². The number of phenols is 2. The molecule has 0 fully saturated rings. The van der Waals surface area contributed by atoms with Crippen LogP contribution in [0.3, 0.4) is 0 Å². The predicted octanol–water partition coefficient (Wildman–Crippen LogP) is -4.16. The number of hydrogen-bond donors (Lipinski definition) is 2. The Balaban J connectivity index is -0.000000113. The molecule has 0 spiro atoms. The molecule has 0 aliphatic carbocycles. The van der Waals surface area contributed by atoms with Gasteiger partial charge in [-0.25, -0.2) is 0 Å². The number of benzene rings is 2. The number of aromatic carboxylic acids is 2. The topological polar surface area (TPSA) is 281 Å². The summed E-state index contributed by atoms with van der Waals surface area (Å²) >= 11 is 0. The van der Waals surface area contributed by atoms with Crippen LogP contribution in [0.1, 0.15) is 41.4 Å². The number of rotatable bonds is 4. The van der Waals surface area contributed by atoms with Crippen molar-refractivity contribution in [3.8, 4) is 11.5 Å². The van der Waals surface area contributed by atoms with Crippen LogP contribution >= 0.6 is 0 Å². The van der Waals surface area contributed by atoms with E-state index in [9.17, 15) is 29.4 Å². The van der Waals surface area contributed by atoms with Gasteiger partial charge in [0, 0.05) is 11.1 Å². The van der Waals surface area contributed by atoms with Crippen molar-refractivity contribution in [3.05, 3.63) is 58.7 Å². The molecular weight excluding hydrogens is 448 g/mol. The smallest absolute Gasteiger partial charge is 0.545 e. The molecule has 0 amide bonds. The maximum Gasteiger partial charge on any atom is 2.00 e. The predicted molar refractivity (Wildman–Crippen MR) is 90.1 cm³/mol. The van der Waals surface area contributed by atoms with E-state index in [0.29, 0.717) is 12.6 Å². The second kappa shape index (κ2) is 16.8. The van der Waals surface area contributed by atoms with E-state index in [1.54, 1.807) is 0 Å². The molecule has 2 aromatic carbocycles. The summed E-state index contributed by atoms with van der Waals surface area (Å²) in [6.07, 6.45) is 0.754. The standard InChI is InChI=1S/2C8H6O4.Cu.4H2O/c2*9-4-5-2-1-3-6(7(5)10)8(11)12;;;;;/h2*1-4,10H,(H,11,12);;4*1H2/q;;+2;;;;/p-2. The second-order valence-electron chi connectivity index (χ2n) is 4.30. The van der Waals surface area contributed by atoms with Crippen molar-refractivity contribution in [3.63, 3.8) is 0 Å². The van der Waals surface area contributed by atoms with E-state index >= 15 is 0 Å². The summed E-state index contributed by atoms with van der Waals surface area (Å²) in [5, 5.41) is 38.8. The monoisotopic (exact) mass is 465 g/mol. The van der Waals surface area contributed by atoms with Gasteiger partial charge in [-0.1, -0.05) is 12.1 Å². The van der Waals surface area contributed by atoms with Gasteiger partial charge in [0.15, 0.2) is 12.6 Å². The molecule has 2 aromatic rings. The molecule has 13 heteroatoms. The van der Waals surface area contributed by atoms with Crippen LogP contribution in [-0.4, -0.2) is 56.6 Å². The van der Waals surface area contributed by atoms with Crippen molar-refractivity contribution in [1.29, 1.82) is 0 Å². The van der Waals surface area contributed by atoms with E-state index in [-0.39, 0.29) is 61.2 Å². The summed E-state index contributed by atoms with van der Waals surface area (Å²) in [6, 6.07) is 7.67. The molecule has 2 rings (SSSR count). The van der Waals surface area contributed by atoms with Crippen LogP contribution in [-0.2, 0) is 17.1 Å². The van der Waals surface area contributed by atoms with Gasteiger partial charge in [0.2, 0.25) is 0 Å². The number of carbonyl (C=O) groups excluding carboxylic acids is 4. The Morgan fingerprint density at radius 1 is 0.690 bits per heavy atom. The van der Waals surface area contributed by atoms with Crippen molar-refractivity contribution in [2.45, 2.75) is 0 Å². The van der Waals surface area contributed by atoms with Crippen molar-refractivity contribution in [1.82, 2.24) is 0 Å². The Kier molecular flexibility index (Phi) is 21.2. The second-order valence-corrected chi connectivity index (χ2v) is 4.30. The Morgan fingerprint density at radius 2 is 0.966 bits per heavy atom. The van der Waals surface area contributed by atoms with Crippen LogP contribution in [0.25, 0.3) is 0 Å². The van der Waals surface area contributed by atoms with Gasteiger partial charge in [-0.05, 0) is 24.3 Å². The summed E-state index contributed by atoms with van der Waals surface area (Å²) in [4.78, 5) is 41.1. The third-order valence-electron chi connectivity index (χ3n) is 2.83. The number of carboxylic acids is 2. The normalized spacial score (nSPS) is 7.72. The fourth-order valence-corrected chi connectivity index (χ4v) is 1.64. The average Bonchev–Trinajstić information content (AvgIpc) is 2.55. The summed E-state index contributed by atoms with van der Waals surface area (Å²) in [5.41, 5.74) is -0.868. The van der Waals surface area contributed by atoms with E-state index in [1.807, 2.05) is 0 Å². The molecule has 165 valence electrons. The van der Waals surface area contributed by atoms with Gasteiger partial charge >= 0.3 is 17.1 Å². The van der Waals surface area contributed by atoms with Crippen molar-refractivity contribution < 1.29 is 78.6 Å². The third-order valence-corrected chi connectivity index (χ3v) is 2.83. The van der Waals surface area contributed by atoms with E-state index in [0.717, 1.165) is 12.1 Å². The zero-order valence-corrected chi connectivity index (χ0v) is 15.2. The van der Waals surface area contributed by atoms with Crippen LogP contribution < -0.4 is 10.2 Å². The molecule has 0 saturated carbocycles. The van der Waals surface area contributed by atoms with Gasteiger partial charge in [-0.15, -0.1) is 0 Å². The van der Waals surface area contributed by atoms with Crippen molar-refractivity contribution in [2.24, 2.45) is 0 Å². The van der Waals surface area contributed by atoms with Crippen LogP contribution in [0.4, 0.5) is 0 Å². The van der Waals surface area contributed by atoms with E-state index in [2.05, 4.69) is 0 Å². The number of carboxylic acid groups (broad SMARTS) is 2. The zero-order valence-electron chi connectivity index (χ0n) is 14.3. The van der Waals surface area contributed by atoms with Crippen molar-refractivity contribution >= 4 is 24.5 Å². The fourth-order valence-electron chi connectivity index (χ4n) is 1.64. The molecule has 0 aliphatic heterocycles. The molecule has 0 unspecified atom stereocenters. The molecular formula is C16H18CuO12. The third kappa shape index (κ3) is 9.44. The molecule has 0 heterocycles. The van der Waals surface area contributed by atoms with Crippen LogP contribution in [0.15, 0.2) is 36.4 Å². The minimum Gasteiger partial charge on any atom is -0.545 e. The first-order valence-corrected chi connectivity index (χ1v) is 6.30. The van der Waals surface area contributed by atoms with Crippen LogP contribution in [0.2, 0.25) is 0 Å². The van der Waals surface area contributed by atoms with Gasteiger partial charge in [-0.3, -0.25) is 9.59 Å². The maximum atomic E-state index is 10.3. The molecule has 0 saturated heterocycles. The number of aromatic hydroxyl groups is 2. The minimum absolute atomic E-state index is 0. The number of para-hydroxylation sites is 2. The van der Waals surface area contributed by atoms with Crippen molar-refractivity contribution in [2.75, 3.05) is 0 Å². The van der Waals surface area contributed by atoms with Gasteiger partial charge in [0.25, 0.3) is 0 Å². The number of hydrogen-bond acceptors (Lipinski definition) is 8. The van der Waals surface area contributed by atoms with Gasteiger partial charge in [0.05, 0.1) is 23.1 Å². The first-order chi connectivity index (χ1) is 11.3. The summed E-state index contributed by atoms with van der Waals surface area (Å²) in [7, 11) is 0. The molecule has 29 heavy (non-hydrogen) atoms. The number of aldehydes is 2. The Morgan fingerprint density at radius 3 is 1.17 bits per heavy atom. The van der Waals surface area contributed by atoms with Gasteiger partial charge < -0.3 is 51.9 Å². The quantitative estimate of drug-likeness (QED) is 0.329. The van der Waals surface area contributed by atoms with E-state index < -0.39 is 23.4 Å². The van der Waals surface area contributed by atoms with Crippen LogP contribution in [0, 0.1) is 0 Å². The zero-order chi connectivity index (χ0) is 18.3. The van der Waals surface area contributed by atoms with Gasteiger partial charge in [0.1, 0.15) is 11.5 Å². The Bertz CT molecular complexity index is 739. The first kappa shape index (κ1) is 36.6. The Labute approximate surface area is 173 Å². The molecule has 0 atom stereocenters. The average molecular weight is 466 g/mol. The summed E-state index contributed by atoms with van der Waals surface area (Å²) < 4.78 is 0. The molecule has 0 aliphatic rings. The maximum absolute atomic E-state index is 10.3. The molecule has 10 N–H and O–H groups in total. The minimum atomic E-state index is -1.50. The fraction of sp³-hybridized carbons (Fsp3) is 0. The van der Waals surface area contributed by atoms with Gasteiger partial charge in [-0.2, -0.15) is 0 Å². The summed E-state index contributed by atoms with van der Waals surface area (Å²) in [5.74, 6) is -4.10. The SMILES string of the molecule is O.O.O.O.O=Cc1cccc(C(=O)[O-])c1O.O=Cc1cccc(C(=O)[O-])c1O.[Cu+2]. The molecule has 12 nitrogen and oxygen atoms in total. The Hall–Kier alpha value is -3.32. The number of carbonyl (C=O) groups is 4. The summed E-state index contributed by atoms with van der Waals surface area (Å²) in [6.45, 7) is 0. The largest absolute Gasteiger partial charge is 2.00 e. The van der Waals surface area contributed by atoms with Crippen LogP contribution in [0.5, 0.6) is 11.5 Å². The molecule has 1 radical (unpaired) electrons. The first-order valence-electron chi connectivity index (χ1n) is 6.30. The molecule has 0 aromatic heterocycles. The van der Waals surface area contributed by atoms with E-state index in [1.165, 1.54) is 24.3 Å².